The molecule has 0 saturated heterocycles. The Morgan fingerprint density at radius 1 is 0.545 bits per heavy atom. The van der Waals surface area contributed by atoms with Gasteiger partial charge in [0, 0.05) is 4.43 Å². The Hall–Kier alpha value is -1.87. The summed E-state index contributed by atoms with van der Waals surface area (Å²) in [4.78, 5) is 0. The Morgan fingerprint density at radius 2 is 1.23 bits per heavy atom. The molecule has 5 aromatic rings. The van der Waals surface area contributed by atoms with Crippen LogP contribution >= 0.6 is 22.6 Å². The van der Waals surface area contributed by atoms with Crippen molar-refractivity contribution in [2.45, 2.75) is 4.43 Å². The monoisotopic (exact) mass is 392 g/mol. The van der Waals surface area contributed by atoms with Crippen LogP contribution < -0.4 is 0 Å². The number of alkyl halides is 1. The fraction of sp³-hybridized carbons (Fsp3) is 0.0476. The van der Waals surface area contributed by atoms with Gasteiger partial charge in [-0.1, -0.05) is 89.3 Å². The molecule has 0 aliphatic rings. The second kappa shape index (κ2) is 4.56. The average molecular weight is 392 g/mol. The molecule has 0 N–H and O–H groups in total. The van der Waals surface area contributed by atoms with E-state index in [0.717, 1.165) is 4.43 Å². The summed E-state index contributed by atoms with van der Waals surface area (Å²) >= 11 is 2.49. The maximum Gasteiger partial charge on any atom is 0.0259 e. The lowest BCUT2D eigenvalue weighted by Crippen LogP contribution is -1.90. The Bertz CT molecular complexity index is 1140. The number of hydrogen-bond donors (Lipinski definition) is 0. The van der Waals surface area contributed by atoms with Crippen molar-refractivity contribution in [1.29, 1.82) is 0 Å². The van der Waals surface area contributed by atoms with Gasteiger partial charge in [-0.3, -0.25) is 0 Å². The third-order valence-electron chi connectivity index (χ3n) is 4.78. The van der Waals surface area contributed by atoms with Crippen LogP contribution in [0.15, 0.2) is 66.7 Å². The van der Waals surface area contributed by atoms with E-state index < -0.39 is 0 Å². The molecule has 5 rings (SSSR count). The highest BCUT2D eigenvalue weighted by atomic mass is 127. The molecule has 0 heterocycles. The summed E-state index contributed by atoms with van der Waals surface area (Å²) in [6.07, 6.45) is 0. The maximum absolute atomic E-state index is 2.49. The van der Waals surface area contributed by atoms with Crippen LogP contribution in [0.4, 0.5) is 0 Å². The molecule has 22 heavy (non-hydrogen) atoms. The van der Waals surface area contributed by atoms with Gasteiger partial charge in [0.1, 0.15) is 0 Å². The Morgan fingerprint density at radius 3 is 1.95 bits per heavy atom. The smallest absolute Gasteiger partial charge is 0.0259 e. The van der Waals surface area contributed by atoms with Crippen LogP contribution in [0.3, 0.4) is 0 Å². The Labute approximate surface area is 142 Å². The number of benzene rings is 5. The quantitative estimate of drug-likeness (QED) is 0.129. The molecule has 1 heteroatoms. The zero-order chi connectivity index (χ0) is 14.7. The van der Waals surface area contributed by atoms with Gasteiger partial charge in [-0.2, -0.15) is 0 Å². The summed E-state index contributed by atoms with van der Waals surface area (Å²) in [6, 6.07) is 24.6. The minimum Gasteiger partial charge on any atom is -0.0811 e. The first-order valence-corrected chi connectivity index (χ1v) is 9.04. The fourth-order valence-electron chi connectivity index (χ4n) is 3.83. The van der Waals surface area contributed by atoms with Crippen LogP contribution in [0, 0.1) is 0 Å². The molecule has 0 atom stereocenters. The molecule has 104 valence electrons. The van der Waals surface area contributed by atoms with Crippen molar-refractivity contribution < 1.29 is 0 Å². The molecule has 0 nitrogen and oxygen atoms in total. The summed E-state index contributed by atoms with van der Waals surface area (Å²) in [5.74, 6) is 0. The van der Waals surface area contributed by atoms with Gasteiger partial charge >= 0.3 is 0 Å². The molecular formula is C21H13I. The van der Waals surface area contributed by atoms with E-state index in [2.05, 4.69) is 89.3 Å². The highest BCUT2D eigenvalue weighted by molar-refractivity contribution is 14.1. The number of hydrogen-bond acceptors (Lipinski definition) is 0. The van der Waals surface area contributed by atoms with Crippen molar-refractivity contribution in [2.75, 3.05) is 0 Å². The van der Waals surface area contributed by atoms with Crippen LogP contribution in [0.1, 0.15) is 5.56 Å². The van der Waals surface area contributed by atoms with Gasteiger partial charge in [-0.25, -0.2) is 0 Å². The van der Waals surface area contributed by atoms with E-state index in [1.807, 2.05) is 0 Å². The highest BCUT2D eigenvalue weighted by Gasteiger charge is 2.14. The first kappa shape index (κ1) is 12.7. The molecular weight excluding hydrogens is 379 g/mol. The molecule has 0 unspecified atom stereocenters. The minimum absolute atomic E-state index is 1.03. The second-order valence-corrected chi connectivity index (χ2v) is 6.60. The van der Waals surface area contributed by atoms with Crippen LogP contribution in [0.5, 0.6) is 0 Å². The average Bonchev–Trinajstić information content (AvgIpc) is 2.59. The normalized spacial score (nSPS) is 12.0. The number of rotatable bonds is 1. The summed E-state index contributed by atoms with van der Waals surface area (Å²) < 4.78 is 1.03. The van der Waals surface area contributed by atoms with Crippen molar-refractivity contribution in [3.63, 3.8) is 0 Å². The van der Waals surface area contributed by atoms with E-state index in [-0.39, 0.29) is 0 Å². The van der Waals surface area contributed by atoms with E-state index in [4.69, 9.17) is 0 Å². The van der Waals surface area contributed by atoms with Gasteiger partial charge in [0.25, 0.3) is 0 Å². The van der Waals surface area contributed by atoms with E-state index in [0.29, 0.717) is 0 Å². The van der Waals surface area contributed by atoms with Gasteiger partial charge in [0.05, 0.1) is 0 Å². The van der Waals surface area contributed by atoms with Crippen molar-refractivity contribution in [2.24, 2.45) is 0 Å². The van der Waals surface area contributed by atoms with Crippen molar-refractivity contribution >= 4 is 65.7 Å². The second-order valence-electron chi connectivity index (χ2n) is 5.84. The first-order valence-electron chi connectivity index (χ1n) is 7.51. The first-order chi connectivity index (χ1) is 10.9. The lowest BCUT2D eigenvalue weighted by molar-refractivity contribution is 1.57. The van der Waals surface area contributed by atoms with E-state index >= 15 is 0 Å². The minimum atomic E-state index is 1.03. The highest BCUT2D eigenvalue weighted by Crippen LogP contribution is 2.41. The molecule has 0 amide bonds. The lowest BCUT2D eigenvalue weighted by atomic mass is 9.88. The molecule has 0 aliphatic carbocycles. The van der Waals surface area contributed by atoms with Crippen molar-refractivity contribution in [1.82, 2.24) is 0 Å². The van der Waals surface area contributed by atoms with Crippen LogP contribution in [-0.2, 0) is 4.43 Å². The summed E-state index contributed by atoms with van der Waals surface area (Å²) in [5, 5.41) is 11.1. The van der Waals surface area contributed by atoms with Gasteiger partial charge in [-0.05, 0) is 48.7 Å². The predicted octanol–water partition coefficient (Wildman–Crippen LogP) is 6.67. The summed E-state index contributed by atoms with van der Waals surface area (Å²) in [6.45, 7) is 0. The molecule has 0 saturated carbocycles. The Balaban J connectivity index is 2.23. The standard InChI is InChI=1S/C21H13I/c22-12-19-16-7-2-1-6-15(16)17-10-8-13-4-3-5-14-9-11-18(19)21(17)20(13)14/h1-11H,12H2. The van der Waals surface area contributed by atoms with Crippen molar-refractivity contribution in [3.8, 4) is 0 Å². The van der Waals surface area contributed by atoms with E-state index in [1.165, 1.54) is 48.7 Å². The predicted molar refractivity (Wildman–Crippen MR) is 105 cm³/mol. The molecule has 0 fully saturated rings. The molecule has 0 bridgehead atoms. The summed E-state index contributed by atoms with van der Waals surface area (Å²) in [7, 11) is 0. The van der Waals surface area contributed by atoms with Gasteiger partial charge < -0.3 is 0 Å². The zero-order valence-corrected chi connectivity index (χ0v) is 14.1. The largest absolute Gasteiger partial charge is 0.0811 e. The molecule has 0 radical (unpaired) electrons. The van der Waals surface area contributed by atoms with Crippen LogP contribution in [0.2, 0.25) is 0 Å². The van der Waals surface area contributed by atoms with E-state index in [9.17, 15) is 0 Å². The molecule has 0 aliphatic heterocycles. The van der Waals surface area contributed by atoms with Gasteiger partial charge in [0.2, 0.25) is 0 Å². The fourth-order valence-corrected chi connectivity index (χ4v) is 4.65. The third-order valence-corrected chi connectivity index (χ3v) is 5.54. The molecule has 0 aromatic heterocycles. The zero-order valence-electron chi connectivity index (χ0n) is 11.9. The summed E-state index contributed by atoms with van der Waals surface area (Å²) in [5.41, 5.74) is 1.46. The topological polar surface area (TPSA) is 0 Å². The van der Waals surface area contributed by atoms with E-state index in [1.54, 1.807) is 0 Å². The van der Waals surface area contributed by atoms with Crippen LogP contribution in [-0.4, -0.2) is 0 Å². The molecule has 0 spiro atoms. The number of fused-ring (bicyclic) bond motifs is 2. The van der Waals surface area contributed by atoms with Gasteiger partial charge in [-0.15, -0.1) is 0 Å². The third kappa shape index (κ3) is 1.52. The molecule has 5 aromatic carbocycles. The SMILES string of the molecule is ICc1c2ccccc2c2ccc3cccc4ccc1c2c43. The maximum atomic E-state index is 2.49. The van der Waals surface area contributed by atoms with Crippen molar-refractivity contribution in [3.05, 3.63) is 72.3 Å². The lowest BCUT2D eigenvalue weighted by Gasteiger charge is -2.16. The van der Waals surface area contributed by atoms with Gasteiger partial charge in [0.15, 0.2) is 0 Å². The number of halogens is 1. The van der Waals surface area contributed by atoms with Crippen LogP contribution in [0.25, 0.3) is 43.1 Å². The Kier molecular flexibility index (Phi) is 2.62.